The molecule has 5 nitrogen and oxygen atoms in total. The summed E-state index contributed by atoms with van der Waals surface area (Å²) < 4.78 is 85.4. The third-order valence-corrected chi connectivity index (χ3v) is 9.08. The molecular weight excluding hydrogens is 629 g/mol. The molecule has 230 valence electrons. The smallest absolute Gasteiger partial charge is 0.489 e. The van der Waals surface area contributed by atoms with Crippen LogP contribution in [-0.4, -0.2) is 51.2 Å². The zero-order valence-corrected chi connectivity index (χ0v) is 25.3. The van der Waals surface area contributed by atoms with Gasteiger partial charge in [0.25, 0.3) is 0 Å². The number of alkyl halides is 4. The fourth-order valence-corrected chi connectivity index (χ4v) is 6.57. The molecule has 43 heavy (non-hydrogen) atoms. The molecule has 0 aromatic heterocycles. The van der Waals surface area contributed by atoms with E-state index in [1.807, 2.05) is 30.3 Å². The number of benzene rings is 3. The van der Waals surface area contributed by atoms with Gasteiger partial charge in [-0.3, -0.25) is 9.29 Å². The Morgan fingerprint density at radius 1 is 0.930 bits per heavy atom. The third kappa shape index (κ3) is 7.30. The molecule has 12 heteroatoms. The zero-order valence-electron chi connectivity index (χ0n) is 23.0. The van der Waals surface area contributed by atoms with Crippen LogP contribution in [0.2, 0.25) is 10.0 Å². The van der Waals surface area contributed by atoms with Gasteiger partial charge in [-0.2, -0.15) is 21.6 Å². The van der Waals surface area contributed by atoms with Crippen molar-refractivity contribution in [1.29, 1.82) is 0 Å². The van der Waals surface area contributed by atoms with Crippen LogP contribution in [0.4, 0.5) is 17.6 Å². The van der Waals surface area contributed by atoms with Crippen LogP contribution < -0.4 is 8.92 Å². The van der Waals surface area contributed by atoms with Crippen molar-refractivity contribution in [2.75, 3.05) is 26.3 Å². The number of fused-ring (bicyclic) bond motifs is 1. The first-order valence-electron chi connectivity index (χ1n) is 13.8. The van der Waals surface area contributed by atoms with Gasteiger partial charge < -0.3 is 8.92 Å². The minimum atomic E-state index is -5.81. The van der Waals surface area contributed by atoms with Crippen molar-refractivity contribution in [3.8, 4) is 11.5 Å². The molecule has 1 saturated heterocycles. The Hall–Kier alpha value is -2.79. The molecule has 3 aromatic rings. The van der Waals surface area contributed by atoms with Crippen LogP contribution in [0.5, 0.6) is 11.5 Å². The predicted octanol–water partition coefficient (Wildman–Crippen LogP) is 8.33. The highest BCUT2D eigenvalue weighted by Gasteiger charge is 2.48. The molecular formula is C31H29Cl2F4NO4S. The summed E-state index contributed by atoms with van der Waals surface area (Å²) in [5, 5.41) is 0.937. The Morgan fingerprint density at radius 3 is 2.35 bits per heavy atom. The highest BCUT2D eigenvalue weighted by atomic mass is 35.5. The SMILES string of the molecule is O=S(=O)(Oc1ccc2c(c1)CCCC(c1ccc(Cl)cc1Cl)=C2c1ccc(O[C@H]2CCN(CCCF)C2)cc1)C(F)(F)F. The number of allylic oxidation sites excluding steroid dienone is 1. The number of hydrogen-bond donors (Lipinski definition) is 0. The summed E-state index contributed by atoms with van der Waals surface area (Å²) in [6.45, 7) is 1.95. The highest BCUT2D eigenvalue weighted by Crippen LogP contribution is 2.43. The van der Waals surface area contributed by atoms with Crippen LogP contribution in [0.15, 0.2) is 60.7 Å². The number of halogens is 6. The van der Waals surface area contributed by atoms with E-state index in [1.165, 1.54) is 12.1 Å². The third-order valence-electron chi connectivity index (χ3n) is 7.55. The maximum Gasteiger partial charge on any atom is 0.534 e. The lowest BCUT2D eigenvalue weighted by molar-refractivity contribution is -0.0500. The van der Waals surface area contributed by atoms with Gasteiger partial charge in [0.2, 0.25) is 0 Å². The van der Waals surface area contributed by atoms with Gasteiger partial charge in [-0.25, -0.2) is 0 Å². The molecule has 0 unspecified atom stereocenters. The van der Waals surface area contributed by atoms with Crippen molar-refractivity contribution in [1.82, 2.24) is 4.90 Å². The van der Waals surface area contributed by atoms with Gasteiger partial charge in [0, 0.05) is 29.7 Å². The van der Waals surface area contributed by atoms with Crippen molar-refractivity contribution >= 4 is 44.5 Å². The Labute approximate surface area is 258 Å². The molecule has 1 aliphatic carbocycles. The summed E-state index contributed by atoms with van der Waals surface area (Å²) in [6, 6.07) is 16.9. The minimum absolute atomic E-state index is 0.00174. The first-order chi connectivity index (χ1) is 20.4. The van der Waals surface area contributed by atoms with E-state index >= 15 is 0 Å². The number of hydrogen-bond acceptors (Lipinski definition) is 5. The summed E-state index contributed by atoms with van der Waals surface area (Å²) in [7, 11) is -5.81. The van der Waals surface area contributed by atoms with E-state index in [0.29, 0.717) is 53.6 Å². The standard InChI is InChI=1S/C31H29Cl2F4NO4S/c32-22-7-11-27(29(33)18-22)28-4-1-3-21-17-24(42-43(39,40)31(35,36)37)10-12-26(21)30(28)20-5-8-23(9-6-20)41-25-13-16-38(19-25)15-2-14-34/h5-12,17-18,25H,1-4,13-16,19H2/t25-/m0/s1. The summed E-state index contributed by atoms with van der Waals surface area (Å²) in [5.74, 6) is 0.270. The van der Waals surface area contributed by atoms with E-state index < -0.39 is 21.4 Å². The molecule has 0 spiro atoms. The van der Waals surface area contributed by atoms with Crippen LogP contribution >= 0.6 is 23.2 Å². The van der Waals surface area contributed by atoms with E-state index in [0.717, 1.165) is 47.3 Å². The monoisotopic (exact) mass is 657 g/mol. The Balaban J connectivity index is 1.51. The molecule has 1 atom stereocenters. The van der Waals surface area contributed by atoms with Crippen LogP contribution in [-0.2, 0) is 16.5 Å². The van der Waals surface area contributed by atoms with E-state index in [9.17, 15) is 26.0 Å². The van der Waals surface area contributed by atoms with Crippen molar-refractivity contribution < 1.29 is 34.9 Å². The topological polar surface area (TPSA) is 55.8 Å². The number of likely N-dealkylation sites (tertiary alicyclic amines) is 1. The predicted molar refractivity (Wildman–Crippen MR) is 160 cm³/mol. The Bertz CT molecular complexity index is 1610. The first-order valence-corrected chi connectivity index (χ1v) is 16.0. The van der Waals surface area contributed by atoms with Crippen molar-refractivity contribution in [3.05, 3.63) is 93.0 Å². The number of ether oxygens (including phenoxy) is 1. The van der Waals surface area contributed by atoms with E-state index in [4.69, 9.17) is 27.9 Å². The van der Waals surface area contributed by atoms with Crippen LogP contribution in [0.1, 0.15) is 47.9 Å². The molecule has 1 aliphatic heterocycles. The maximum absolute atomic E-state index is 13.0. The quantitative estimate of drug-likeness (QED) is 0.132. The first kappa shape index (κ1) is 31.6. The van der Waals surface area contributed by atoms with E-state index in [-0.39, 0.29) is 12.8 Å². The lowest BCUT2D eigenvalue weighted by Gasteiger charge is -2.19. The van der Waals surface area contributed by atoms with Crippen LogP contribution in [0.25, 0.3) is 11.1 Å². The zero-order chi connectivity index (χ0) is 30.8. The molecule has 2 aliphatic rings. The molecule has 0 N–H and O–H groups in total. The summed E-state index contributed by atoms with van der Waals surface area (Å²) in [5.41, 5.74) is -0.847. The number of nitrogens with zero attached hydrogens (tertiary/aromatic N) is 1. The Morgan fingerprint density at radius 2 is 1.65 bits per heavy atom. The average Bonchev–Trinajstić information content (AvgIpc) is 3.30. The lowest BCUT2D eigenvalue weighted by atomic mass is 9.88. The van der Waals surface area contributed by atoms with Crippen LogP contribution in [0, 0.1) is 0 Å². The molecule has 3 aromatic carbocycles. The second kappa shape index (κ2) is 13.1. The summed E-state index contributed by atoms with van der Waals surface area (Å²) in [6.07, 6.45) is 3.04. The minimum Gasteiger partial charge on any atom is -0.489 e. The van der Waals surface area contributed by atoms with Gasteiger partial charge in [-0.15, -0.1) is 0 Å². The van der Waals surface area contributed by atoms with Gasteiger partial charge in [-0.1, -0.05) is 47.5 Å². The maximum atomic E-state index is 13.0. The highest BCUT2D eigenvalue weighted by molar-refractivity contribution is 7.88. The van der Waals surface area contributed by atoms with E-state index in [1.54, 1.807) is 18.2 Å². The fourth-order valence-electron chi connectivity index (χ4n) is 5.60. The second-order valence-electron chi connectivity index (χ2n) is 10.5. The number of aryl methyl sites for hydroxylation is 1. The average molecular weight is 659 g/mol. The summed E-state index contributed by atoms with van der Waals surface area (Å²) >= 11 is 12.8. The molecule has 1 heterocycles. The second-order valence-corrected chi connectivity index (χ2v) is 12.9. The normalized spacial score (nSPS) is 18.0. The lowest BCUT2D eigenvalue weighted by Crippen LogP contribution is -2.28. The molecule has 0 saturated carbocycles. The van der Waals surface area contributed by atoms with Gasteiger partial charge in [-0.05, 0) is 102 Å². The summed E-state index contributed by atoms with van der Waals surface area (Å²) in [4.78, 5) is 2.19. The van der Waals surface area contributed by atoms with Crippen LogP contribution in [0.3, 0.4) is 0 Å². The molecule has 0 amide bonds. The largest absolute Gasteiger partial charge is 0.534 e. The van der Waals surface area contributed by atoms with E-state index in [2.05, 4.69) is 9.08 Å². The van der Waals surface area contributed by atoms with Gasteiger partial charge in [0.1, 0.15) is 17.6 Å². The van der Waals surface area contributed by atoms with Crippen molar-refractivity contribution in [3.63, 3.8) is 0 Å². The van der Waals surface area contributed by atoms with Crippen molar-refractivity contribution in [2.24, 2.45) is 0 Å². The molecule has 1 fully saturated rings. The van der Waals surface area contributed by atoms with Gasteiger partial charge in [0.05, 0.1) is 6.67 Å². The molecule has 0 radical (unpaired) electrons. The van der Waals surface area contributed by atoms with Crippen molar-refractivity contribution in [2.45, 2.75) is 43.7 Å². The molecule has 0 bridgehead atoms. The Kier molecular flexibility index (Phi) is 9.61. The molecule has 5 rings (SSSR count). The van der Waals surface area contributed by atoms with Gasteiger partial charge in [0.15, 0.2) is 0 Å². The number of rotatable bonds is 9. The fraction of sp³-hybridized carbons (Fsp3) is 0.355. The van der Waals surface area contributed by atoms with Gasteiger partial charge >= 0.3 is 15.6 Å².